The molecule has 0 aromatic carbocycles. The van der Waals surface area contributed by atoms with E-state index < -0.39 is 0 Å². The topological polar surface area (TPSA) is 18.5 Å². The minimum Gasteiger partial charge on any atom is -0.382 e. The van der Waals surface area contributed by atoms with E-state index in [0.717, 1.165) is 13.0 Å². The van der Waals surface area contributed by atoms with Crippen molar-refractivity contribution in [3.8, 4) is 0 Å². The van der Waals surface area contributed by atoms with Crippen molar-refractivity contribution in [2.75, 3.05) is 26.2 Å². The minimum absolute atomic E-state index is 0.188. The molecule has 0 aromatic rings. The van der Waals surface area contributed by atoms with Crippen LogP contribution in [0.5, 0.6) is 0 Å². The number of halogens is 1. The third-order valence-corrected chi connectivity index (χ3v) is 1.35. The number of ether oxygens (including phenoxy) is 2. The zero-order chi connectivity index (χ0) is 7.82. The smallest absolute Gasteiger partial charge is 0.0780 e. The first-order valence-electron chi connectivity index (χ1n) is 3.47. The molecule has 0 aliphatic heterocycles. The first-order chi connectivity index (χ1) is 4.81. The summed E-state index contributed by atoms with van der Waals surface area (Å²) in [6, 6.07) is 0. The molecule has 0 spiro atoms. The summed E-state index contributed by atoms with van der Waals surface area (Å²) < 4.78 is 10.2. The monoisotopic (exact) mass is 166 g/mol. The molecule has 0 amide bonds. The molecule has 0 saturated heterocycles. The van der Waals surface area contributed by atoms with E-state index in [1.54, 1.807) is 7.11 Å². The Labute approximate surface area is 67.5 Å². The molecule has 0 heterocycles. The van der Waals surface area contributed by atoms with Crippen LogP contribution in [0.1, 0.15) is 13.3 Å². The summed E-state index contributed by atoms with van der Waals surface area (Å²) in [6.45, 7) is 3.37. The van der Waals surface area contributed by atoms with Gasteiger partial charge in [0.2, 0.25) is 0 Å². The average Bonchev–Trinajstić information content (AvgIpc) is 1.89. The Hall–Kier alpha value is 0.210. The molecule has 0 aliphatic carbocycles. The molecule has 1 atom stereocenters. The fraction of sp³-hybridized carbons (Fsp3) is 1.00. The van der Waals surface area contributed by atoms with Crippen molar-refractivity contribution in [1.82, 2.24) is 0 Å². The van der Waals surface area contributed by atoms with Gasteiger partial charge < -0.3 is 9.47 Å². The van der Waals surface area contributed by atoms with Crippen LogP contribution < -0.4 is 0 Å². The molecule has 0 saturated carbocycles. The molecule has 0 N–H and O–H groups in total. The van der Waals surface area contributed by atoms with E-state index >= 15 is 0 Å². The molecule has 0 fully saturated rings. The van der Waals surface area contributed by atoms with E-state index in [1.807, 2.05) is 6.92 Å². The summed E-state index contributed by atoms with van der Waals surface area (Å²) in [5.74, 6) is 0.666. The molecule has 0 aliphatic rings. The minimum atomic E-state index is 0.188. The Kier molecular flexibility index (Phi) is 7.47. The molecule has 0 rings (SSSR count). The van der Waals surface area contributed by atoms with Crippen molar-refractivity contribution in [3.05, 3.63) is 0 Å². The second kappa shape index (κ2) is 7.32. The zero-order valence-corrected chi connectivity index (χ0v) is 7.36. The summed E-state index contributed by atoms with van der Waals surface area (Å²) >= 11 is 5.45. The lowest BCUT2D eigenvalue weighted by Gasteiger charge is -2.10. The first kappa shape index (κ1) is 10.2. The van der Waals surface area contributed by atoms with Crippen LogP contribution in [0.2, 0.25) is 0 Å². The van der Waals surface area contributed by atoms with Crippen LogP contribution in [0, 0.1) is 0 Å². The highest BCUT2D eigenvalue weighted by Gasteiger charge is 1.98. The predicted molar refractivity (Wildman–Crippen MR) is 42.6 cm³/mol. The molecular weight excluding hydrogens is 152 g/mol. The third-order valence-electron chi connectivity index (χ3n) is 1.08. The van der Waals surface area contributed by atoms with Gasteiger partial charge in [-0.2, -0.15) is 0 Å². The number of alkyl halides is 1. The van der Waals surface area contributed by atoms with E-state index in [4.69, 9.17) is 21.1 Å². The third kappa shape index (κ3) is 6.33. The van der Waals surface area contributed by atoms with Gasteiger partial charge in [0.25, 0.3) is 0 Å². The molecule has 10 heavy (non-hydrogen) atoms. The Bertz CT molecular complexity index is 68.6. The summed E-state index contributed by atoms with van der Waals surface area (Å²) in [4.78, 5) is 0. The van der Waals surface area contributed by atoms with Gasteiger partial charge in [0.05, 0.1) is 12.7 Å². The lowest BCUT2D eigenvalue weighted by Crippen LogP contribution is -2.15. The van der Waals surface area contributed by atoms with Crippen LogP contribution >= 0.6 is 11.6 Å². The van der Waals surface area contributed by atoms with E-state index in [1.165, 1.54) is 0 Å². The average molecular weight is 167 g/mol. The standard InChI is InChI=1S/C7H15ClO2/c1-7(6-9-2)10-5-3-4-8/h7H,3-6H2,1-2H3. The SMILES string of the molecule is COCC(C)OCCCCl. The van der Waals surface area contributed by atoms with Gasteiger partial charge in [-0.3, -0.25) is 0 Å². The van der Waals surface area contributed by atoms with Gasteiger partial charge in [-0.15, -0.1) is 11.6 Å². The molecule has 3 heteroatoms. The van der Waals surface area contributed by atoms with Crippen LogP contribution in [0.25, 0.3) is 0 Å². The Morgan fingerprint density at radius 3 is 2.70 bits per heavy atom. The number of rotatable bonds is 6. The molecule has 0 radical (unpaired) electrons. The molecule has 1 unspecified atom stereocenters. The maximum absolute atomic E-state index is 5.45. The Balaban J connectivity index is 2.97. The highest BCUT2D eigenvalue weighted by atomic mass is 35.5. The maximum atomic E-state index is 5.45. The highest BCUT2D eigenvalue weighted by Crippen LogP contribution is 1.93. The molecule has 0 aromatic heterocycles. The molecule has 62 valence electrons. The van der Waals surface area contributed by atoms with Gasteiger partial charge in [-0.05, 0) is 13.3 Å². The van der Waals surface area contributed by atoms with Crippen molar-refractivity contribution in [1.29, 1.82) is 0 Å². The summed E-state index contributed by atoms with van der Waals surface area (Å²) in [7, 11) is 1.67. The second-order valence-corrected chi connectivity index (χ2v) is 2.56. The second-order valence-electron chi connectivity index (χ2n) is 2.18. The molecule has 0 bridgehead atoms. The normalized spacial score (nSPS) is 13.5. The van der Waals surface area contributed by atoms with Crippen LogP contribution in [-0.4, -0.2) is 32.3 Å². The molecular formula is C7H15ClO2. The summed E-state index contributed by atoms with van der Waals surface area (Å²) in [5.41, 5.74) is 0. The zero-order valence-electron chi connectivity index (χ0n) is 6.60. The Morgan fingerprint density at radius 1 is 1.50 bits per heavy atom. The van der Waals surface area contributed by atoms with E-state index in [0.29, 0.717) is 12.5 Å². The van der Waals surface area contributed by atoms with Crippen LogP contribution in [-0.2, 0) is 9.47 Å². The largest absolute Gasteiger partial charge is 0.382 e. The number of methoxy groups -OCH3 is 1. The van der Waals surface area contributed by atoms with Gasteiger partial charge in [0.1, 0.15) is 0 Å². The predicted octanol–water partition coefficient (Wildman–Crippen LogP) is 1.67. The van der Waals surface area contributed by atoms with Crippen LogP contribution in [0.4, 0.5) is 0 Å². The fourth-order valence-corrected chi connectivity index (χ4v) is 0.731. The van der Waals surface area contributed by atoms with E-state index in [-0.39, 0.29) is 6.10 Å². The van der Waals surface area contributed by atoms with Gasteiger partial charge in [0, 0.05) is 19.6 Å². The quantitative estimate of drug-likeness (QED) is 0.442. The molecule has 2 nitrogen and oxygen atoms in total. The number of hydrogen-bond donors (Lipinski definition) is 0. The summed E-state index contributed by atoms with van der Waals surface area (Å²) in [6.07, 6.45) is 1.10. The van der Waals surface area contributed by atoms with Gasteiger partial charge in [-0.25, -0.2) is 0 Å². The van der Waals surface area contributed by atoms with Crippen molar-refractivity contribution < 1.29 is 9.47 Å². The van der Waals surface area contributed by atoms with Crippen molar-refractivity contribution >= 4 is 11.6 Å². The van der Waals surface area contributed by atoms with E-state index in [2.05, 4.69) is 0 Å². The Morgan fingerprint density at radius 2 is 2.20 bits per heavy atom. The van der Waals surface area contributed by atoms with Gasteiger partial charge in [0.15, 0.2) is 0 Å². The van der Waals surface area contributed by atoms with E-state index in [9.17, 15) is 0 Å². The van der Waals surface area contributed by atoms with Crippen molar-refractivity contribution in [3.63, 3.8) is 0 Å². The van der Waals surface area contributed by atoms with Gasteiger partial charge >= 0.3 is 0 Å². The lowest BCUT2D eigenvalue weighted by atomic mass is 10.4. The first-order valence-corrected chi connectivity index (χ1v) is 4.01. The van der Waals surface area contributed by atoms with Crippen LogP contribution in [0.15, 0.2) is 0 Å². The summed E-state index contributed by atoms with van der Waals surface area (Å²) in [5, 5.41) is 0. The van der Waals surface area contributed by atoms with Gasteiger partial charge in [-0.1, -0.05) is 0 Å². The highest BCUT2D eigenvalue weighted by molar-refractivity contribution is 6.17. The lowest BCUT2D eigenvalue weighted by molar-refractivity contribution is 0.00978. The van der Waals surface area contributed by atoms with Crippen molar-refractivity contribution in [2.45, 2.75) is 19.4 Å². The number of hydrogen-bond acceptors (Lipinski definition) is 2. The maximum Gasteiger partial charge on any atom is 0.0780 e. The van der Waals surface area contributed by atoms with Crippen LogP contribution in [0.3, 0.4) is 0 Å². The fourth-order valence-electron chi connectivity index (χ4n) is 0.622. The van der Waals surface area contributed by atoms with Crippen molar-refractivity contribution in [2.24, 2.45) is 0 Å².